The number of halogens is 1. The second kappa shape index (κ2) is 3.23. The van der Waals surface area contributed by atoms with E-state index in [1.54, 1.807) is 12.5 Å². The van der Waals surface area contributed by atoms with E-state index in [2.05, 4.69) is 9.97 Å². The molecular formula is C10H9ClN2. The van der Waals surface area contributed by atoms with E-state index in [0.717, 1.165) is 21.8 Å². The lowest BCUT2D eigenvalue weighted by atomic mass is 10.1. The Bertz CT molecular complexity index is 407. The predicted molar refractivity (Wildman–Crippen MR) is 53.8 cm³/mol. The second-order valence-corrected chi connectivity index (χ2v) is 3.28. The lowest BCUT2D eigenvalue weighted by molar-refractivity contribution is 1.31. The molecule has 0 unspecified atom stereocenters. The third-order valence-electron chi connectivity index (χ3n) is 2.06. The average molecular weight is 193 g/mol. The molecule has 0 bridgehead atoms. The van der Waals surface area contributed by atoms with Gasteiger partial charge >= 0.3 is 0 Å². The molecule has 1 N–H and O–H groups in total. The summed E-state index contributed by atoms with van der Waals surface area (Å²) in [6.45, 7) is 2.00. The average Bonchev–Trinajstić information content (AvgIpc) is 2.62. The van der Waals surface area contributed by atoms with Crippen LogP contribution in [0.25, 0.3) is 11.3 Å². The number of hydrogen-bond acceptors (Lipinski definition) is 1. The molecule has 0 atom stereocenters. The van der Waals surface area contributed by atoms with Gasteiger partial charge in [0.05, 0.1) is 18.2 Å². The molecule has 0 aliphatic carbocycles. The van der Waals surface area contributed by atoms with Crippen molar-refractivity contribution in [2.75, 3.05) is 0 Å². The van der Waals surface area contributed by atoms with Crippen LogP contribution in [0.15, 0.2) is 30.7 Å². The molecule has 0 fully saturated rings. The first kappa shape index (κ1) is 8.32. The summed E-state index contributed by atoms with van der Waals surface area (Å²) >= 11 is 6.00. The van der Waals surface area contributed by atoms with Crippen LogP contribution in [0.1, 0.15) is 5.56 Å². The molecule has 66 valence electrons. The molecule has 0 radical (unpaired) electrons. The van der Waals surface area contributed by atoms with E-state index in [1.807, 2.05) is 25.1 Å². The number of nitrogens with zero attached hydrogens (tertiary/aromatic N) is 1. The van der Waals surface area contributed by atoms with Crippen LogP contribution in [0.3, 0.4) is 0 Å². The summed E-state index contributed by atoms with van der Waals surface area (Å²) in [4.78, 5) is 7.02. The van der Waals surface area contributed by atoms with Gasteiger partial charge < -0.3 is 4.98 Å². The number of imidazole rings is 1. The molecular weight excluding hydrogens is 184 g/mol. The Morgan fingerprint density at radius 1 is 1.38 bits per heavy atom. The summed E-state index contributed by atoms with van der Waals surface area (Å²) in [7, 11) is 0. The van der Waals surface area contributed by atoms with Crippen LogP contribution in [-0.2, 0) is 0 Å². The highest BCUT2D eigenvalue weighted by Gasteiger charge is 2.04. The van der Waals surface area contributed by atoms with Gasteiger partial charge in [0.25, 0.3) is 0 Å². The Labute approximate surface area is 81.6 Å². The van der Waals surface area contributed by atoms with Crippen LogP contribution in [0, 0.1) is 6.92 Å². The van der Waals surface area contributed by atoms with Crippen molar-refractivity contribution in [3.05, 3.63) is 41.3 Å². The van der Waals surface area contributed by atoms with E-state index in [-0.39, 0.29) is 0 Å². The van der Waals surface area contributed by atoms with Gasteiger partial charge in [0.2, 0.25) is 0 Å². The van der Waals surface area contributed by atoms with Gasteiger partial charge in [0, 0.05) is 10.6 Å². The molecule has 3 heteroatoms. The first-order chi connectivity index (χ1) is 6.29. The molecule has 13 heavy (non-hydrogen) atoms. The summed E-state index contributed by atoms with van der Waals surface area (Å²) in [5.74, 6) is 0. The fourth-order valence-corrected chi connectivity index (χ4v) is 1.48. The number of hydrogen-bond donors (Lipinski definition) is 1. The zero-order valence-electron chi connectivity index (χ0n) is 7.21. The minimum Gasteiger partial charge on any atom is -0.345 e. The van der Waals surface area contributed by atoms with Gasteiger partial charge in [-0.1, -0.05) is 23.7 Å². The van der Waals surface area contributed by atoms with E-state index in [4.69, 9.17) is 11.6 Å². The number of rotatable bonds is 1. The van der Waals surface area contributed by atoms with E-state index < -0.39 is 0 Å². The monoisotopic (exact) mass is 192 g/mol. The van der Waals surface area contributed by atoms with E-state index in [0.29, 0.717) is 0 Å². The van der Waals surface area contributed by atoms with E-state index in [9.17, 15) is 0 Å². The molecule has 2 aromatic rings. The highest BCUT2D eigenvalue weighted by atomic mass is 35.5. The number of aromatic amines is 1. The van der Waals surface area contributed by atoms with Gasteiger partial charge in [-0.3, -0.25) is 0 Å². The summed E-state index contributed by atoms with van der Waals surface area (Å²) in [6, 6.07) is 5.84. The Morgan fingerprint density at radius 3 is 2.92 bits per heavy atom. The van der Waals surface area contributed by atoms with Crippen molar-refractivity contribution in [2.45, 2.75) is 6.92 Å². The van der Waals surface area contributed by atoms with Crippen LogP contribution in [-0.4, -0.2) is 9.97 Å². The van der Waals surface area contributed by atoms with Gasteiger partial charge in [-0.25, -0.2) is 4.98 Å². The smallest absolute Gasteiger partial charge is 0.0924 e. The van der Waals surface area contributed by atoms with Crippen molar-refractivity contribution in [1.29, 1.82) is 0 Å². The molecule has 0 saturated carbocycles. The highest BCUT2D eigenvalue weighted by Crippen LogP contribution is 2.26. The topological polar surface area (TPSA) is 28.7 Å². The number of nitrogens with one attached hydrogen (secondary N) is 1. The standard InChI is InChI=1S/C10H9ClN2/c1-7-8(3-2-4-9(7)11)10-5-12-6-13-10/h2-6H,1H3,(H,12,13). The lowest BCUT2D eigenvalue weighted by Gasteiger charge is -2.03. The molecule has 0 aliphatic rings. The second-order valence-electron chi connectivity index (χ2n) is 2.88. The maximum atomic E-state index is 6.00. The first-order valence-corrected chi connectivity index (χ1v) is 4.40. The van der Waals surface area contributed by atoms with Crippen LogP contribution in [0.5, 0.6) is 0 Å². The molecule has 0 spiro atoms. The van der Waals surface area contributed by atoms with Crippen LogP contribution >= 0.6 is 11.6 Å². The van der Waals surface area contributed by atoms with E-state index >= 15 is 0 Å². The molecule has 1 aromatic carbocycles. The Hall–Kier alpha value is -1.28. The zero-order chi connectivity index (χ0) is 9.26. The summed E-state index contributed by atoms with van der Waals surface area (Å²) < 4.78 is 0. The predicted octanol–water partition coefficient (Wildman–Crippen LogP) is 3.04. The van der Waals surface area contributed by atoms with Crippen molar-refractivity contribution >= 4 is 11.6 Å². The Kier molecular flexibility index (Phi) is 2.07. The number of H-pyrrole nitrogens is 1. The molecule has 0 saturated heterocycles. The Morgan fingerprint density at radius 2 is 2.23 bits per heavy atom. The fourth-order valence-electron chi connectivity index (χ4n) is 1.30. The molecule has 1 aromatic heterocycles. The van der Waals surface area contributed by atoms with Crippen molar-refractivity contribution in [2.24, 2.45) is 0 Å². The first-order valence-electron chi connectivity index (χ1n) is 4.03. The van der Waals surface area contributed by atoms with Crippen LogP contribution in [0.4, 0.5) is 0 Å². The Balaban J connectivity index is 2.59. The van der Waals surface area contributed by atoms with Crippen LogP contribution in [0.2, 0.25) is 5.02 Å². The molecule has 0 amide bonds. The minimum absolute atomic E-state index is 0.784. The fraction of sp³-hybridized carbons (Fsp3) is 0.100. The van der Waals surface area contributed by atoms with Crippen molar-refractivity contribution in [3.63, 3.8) is 0 Å². The van der Waals surface area contributed by atoms with E-state index in [1.165, 1.54) is 0 Å². The van der Waals surface area contributed by atoms with Crippen molar-refractivity contribution in [1.82, 2.24) is 9.97 Å². The minimum atomic E-state index is 0.784. The zero-order valence-corrected chi connectivity index (χ0v) is 7.97. The largest absolute Gasteiger partial charge is 0.345 e. The molecule has 2 nitrogen and oxygen atoms in total. The van der Waals surface area contributed by atoms with Crippen LogP contribution < -0.4 is 0 Å². The van der Waals surface area contributed by atoms with Gasteiger partial charge in [0.1, 0.15) is 0 Å². The number of benzene rings is 1. The third-order valence-corrected chi connectivity index (χ3v) is 2.47. The summed E-state index contributed by atoms with van der Waals surface area (Å²) in [5.41, 5.74) is 3.18. The maximum absolute atomic E-state index is 6.00. The maximum Gasteiger partial charge on any atom is 0.0924 e. The van der Waals surface area contributed by atoms with Gasteiger partial charge in [0.15, 0.2) is 0 Å². The quantitative estimate of drug-likeness (QED) is 0.739. The van der Waals surface area contributed by atoms with Gasteiger partial charge in [-0.15, -0.1) is 0 Å². The normalized spacial score (nSPS) is 10.3. The van der Waals surface area contributed by atoms with Gasteiger partial charge in [-0.2, -0.15) is 0 Å². The SMILES string of the molecule is Cc1c(Cl)cccc1-c1cnc[nH]1. The van der Waals surface area contributed by atoms with Crippen molar-refractivity contribution < 1.29 is 0 Å². The third kappa shape index (κ3) is 1.45. The van der Waals surface area contributed by atoms with Gasteiger partial charge in [-0.05, 0) is 18.6 Å². The van der Waals surface area contributed by atoms with Crippen molar-refractivity contribution in [3.8, 4) is 11.3 Å². The number of aromatic nitrogens is 2. The highest BCUT2D eigenvalue weighted by molar-refractivity contribution is 6.31. The molecule has 0 aliphatic heterocycles. The summed E-state index contributed by atoms with van der Waals surface area (Å²) in [5, 5.41) is 0.784. The lowest BCUT2D eigenvalue weighted by Crippen LogP contribution is -1.83. The summed E-state index contributed by atoms with van der Waals surface area (Å²) in [6.07, 6.45) is 3.45. The molecule has 2 rings (SSSR count). The molecule has 1 heterocycles.